The quantitative estimate of drug-likeness (QED) is 0.433. The van der Waals surface area contributed by atoms with Gasteiger partial charge in [0.15, 0.2) is 5.82 Å². The SMILES string of the molecule is NCCCCON1CC(c2c(Cl)cccc2Cl)=Cc2cnc(Nc3ccccc3)nc21. The zero-order chi connectivity index (χ0) is 21.6. The van der Waals surface area contributed by atoms with Crippen LogP contribution in [0, 0.1) is 0 Å². The molecule has 0 bridgehead atoms. The lowest BCUT2D eigenvalue weighted by molar-refractivity contribution is 0.110. The van der Waals surface area contributed by atoms with E-state index in [2.05, 4.69) is 10.3 Å². The molecule has 4 rings (SSSR count). The molecule has 0 spiro atoms. The monoisotopic (exact) mass is 455 g/mol. The average Bonchev–Trinajstić information content (AvgIpc) is 2.77. The predicted molar refractivity (Wildman–Crippen MR) is 128 cm³/mol. The number of hydrogen-bond acceptors (Lipinski definition) is 6. The number of nitrogens with zero attached hydrogens (tertiary/aromatic N) is 3. The van der Waals surface area contributed by atoms with E-state index in [0.29, 0.717) is 41.5 Å². The van der Waals surface area contributed by atoms with Crippen molar-refractivity contribution in [2.45, 2.75) is 12.8 Å². The van der Waals surface area contributed by atoms with Gasteiger partial charge in [0, 0.05) is 33.1 Å². The molecule has 160 valence electrons. The molecule has 1 aromatic heterocycles. The summed E-state index contributed by atoms with van der Waals surface area (Å²) >= 11 is 12.9. The van der Waals surface area contributed by atoms with Crippen LogP contribution in [-0.4, -0.2) is 29.7 Å². The fourth-order valence-electron chi connectivity index (χ4n) is 3.34. The van der Waals surface area contributed by atoms with Crippen molar-refractivity contribution in [3.05, 3.63) is 75.9 Å². The Morgan fingerprint density at radius 1 is 1.03 bits per heavy atom. The Labute approximate surface area is 191 Å². The Hall–Kier alpha value is -2.64. The van der Waals surface area contributed by atoms with Crippen LogP contribution in [-0.2, 0) is 4.84 Å². The van der Waals surface area contributed by atoms with Crippen LogP contribution < -0.4 is 16.1 Å². The van der Waals surface area contributed by atoms with Crippen LogP contribution in [0.1, 0.15) is 24.0 Å². The van der Waals surface area contributed by atoms with Crippen molar-refractivity contribution in [3.8, 4) is 0 Å². The van der Waals surface area contributed by atoms with Gasteiger partial charge in [-0.3, -0.25) is 4.84 Å². The van der Waals surface area contributed by atoms with Gasteiger partial charge < -0.3 is 11.1 Å². The molecule has 3 N–H and O–H groups in total. The minimum absolute atomic E-state index is 0.459. The van der Waals surface area contributed by atoms with Gasteiger partial charge in [-0.15, -0.1) is 0 Å². The van der Waals surface area contributed by atoms with Gasteiger partial charge in [0.25, 0.3) is 0 Å². The summed E-state index contributed by atoms with van der Waals surface area (Å²) < 4.78 is 0. The molecule has 3 aromatic rings. The summed E-state index contributed by atoms with van der Waals surface area (Å²) in [5.74, 6) is 1.18. The van der Waals surface area contributed by atoms with Crippen LogP contribution in [0.2, 0.25) is 10.0 Å². The number of anilines is 3. The summed E-state index contributed by atoms with van der Waals surface area (Å²) in [5.41, 5.74) is 9.08. The summed E-state index contributed by atoms with van der Waals surface area (Å²) in [7, 11) is 0. The molecule has 0 saturated heterocycles. The fraction of sp³-hybridized carbons (Fsp3) is 0.217. The van der Waals surface area contributed by atoms with Gasteiger partial charge in [-0.25, -0.2) is 10.0 Å². The van der Waals surface area contributed by atoms with Crippen molar-refractivity contribution in [2.75, 3.05) is 30.1 Å². The number of hydrogen-bond donors (Lipinski definition) is 2. The van der Waals surface area contributed by atoms with E-state index in [4.69, 9.17) is 38.8 Å². The van der Waals surface area contributed by atoms with Gasteiger partial charge >= 0.3 is 0 Å². The normalized spacial score (nSPS) is 13.0. The van der Waals surface area contributed by atoms with Crippen molar-refractivity contribution < 1.29 is 4.84 Å². The number of aromatic nitrogens is 2. The molecular formula is C23H23Cl2N5O. The minimum atomic E-state index is 0.459. The van der Waals surface area contributed by atoms with Crippen molar-refractivity contribution in [3.63, 3.8) is 0 Å². The van der Waals surface area contributed by atoms with E-state index in [-0.39, 0.29) is 0 Å². The molecule has 0 aliphatic carbocycles. The van der Waals surface area contributed by atoms with Crippen molar-refractivity contribution in [1.29, 1.82) is 0 Å². The topological polar surface area (TPSA) is 76.3 Å². The summed E-state index contributed by atoms with van der Waals surface area (Å²) in [6.45, 7) is 1.63. The smallest absolute Gasteiger partial charge is 0.229 e. The highest BCUT2D eigenvalue weighted by molar-refractivity contribution is 6.38. The first-order valence-corrected chi connectivity index (χ1v) is 10.9. The molecule has 1 aliphatic rings. The average molecular weight is 456 g/mol. The number of hydroxylamine groups is 1. The molecule has 1 aliphatic heterocycles. The van der Waals surface area contributed by atoms with Crippen LogP contribution in [0.15, 0.2) is 54.7 Å². The van der Waals surface area contributed by atoms with E-state index in [1.807, 2.05) is 54.6 Å². The molecule has 8 heteroatoms. The van der Waals surface area contributed by atoms with Gasteiger partial charge in [0.05, 0.1) is 13.2 Å². The number of nitrogens with two attached hydrogens (primary N) is 1. The number of benzene rings is 2. The Kier molecular flexibility index (Phi) is 7.04. The number of unbranched alkanes of at least 4 members (excludes halogenated alkanes) is 1. The van der Waals surface area contributed by atoms with Gasteiger partial charge in [-0.05, 0) is 55.3 Å². The summed E-state index contributed by atoms with van der Waals surface area (Å²) in [5, 5.41) is 6.19. The molecular weight excluding hydrogens is 433 g/mol. The first-order chi connectivity index (χ1) is 15.2. The van der Waals surface area contributed by atoms with E-state index in [0.717, 1.165) is 35.2 Å². The van der Waals surface area contributed by atoms with Crippen LogP contribution in [0.3, 0.4) is 0 Å². The molecule has 0 saturated carbocycles. The standard InChI is InChI=1S/C23H23Cl2N5O/c24-19-9-6-10-20(25)21(19)17-13-16-14-27-23(28-18-7-2-1-3-8-18)29-22(16)30(15-17)31-12-5-4-11-26/h1-3,6-10,13-14H,4-5,11-12,15,26H2,(H,27,28,29). The Morgan fingerprint density at radius 2 is 1.81 bits per heavy atom. The Balaban J connectivity index is 1.67. The zero-order valence-corrected chi connectivity index (χ0v) is 18.4. The third kappa shape index (κ3) is 5.17. The zero-order valence-electron chi connectivity index (χ0n) is 16.9. The maximum Gasteiger partial charge on any atom is 0.229 e. The Morgan fingerprint density at radius 3 is 2.55 bits per heavy atom. The van der Waals surface area contributed by atoms with Crippen molar-refractivity contribution >= 4 is 52.3 Å². The lowest BCUT2D eigenvalue weighted by Crippen LogP contribution is -2.30. The highest BCUT2D eigenvalue weighted by Gasteiger charge is 2.24. The lowest BCUT2D eigenvalue weighted by Gasteiger charge is -2.30. The fourth-order valence-corrected chi connectivity index (χ4v) is 3.98. The molecule has 0 unspecified atom stereocenters. The third-order valence-corrected chi connectivity index (χ3v) is 5.47. The summed E-state index contributed by atoms with van der Waals surface area (Å²) in [6.07, 6.45) is 5.53. The van der Waals surface area contributed by atoms with Gasteiger partial charge in [0.1, 0.15) is 0 Å². The number of fused-ring (bicyclic) bond motifs is 1. The summed E-state index contributed by atoms with van der Waals surface area (Å²) in [4.78, 5) is 15.3. The molecule has 0 atom stereocenters. The highest BCUT2D eigenvalue weighted by Crippen LogP contribution is 2.38. The molecule has 6 nitrogen and oxygen atoms in total. The van der Waals surface area contributed by atoms with E-state index in [9.17, 15) is 0 Å². The van der Waals surface area contributed by atoms with E-state index in [1.54, 1.807) is 11.3 Å². The number of nitrogens with one attached hydrogen (secondary N) is 1. The van der Waals surface area contributed by atoms with Gasteiger partial charge in [-0.1, -0.05) is 47.5 Å². The first kappa shape index (κ1) is 21.6. The molecule has 0 radical (unpaired) electrons. The van der Waals surface area contributed by atoms with Crippen LogP contribution in [0.4, 0.5) is 17.5 Å². The predicted octanol–water partition coefficient (Wildman–Crippen LogP) is 5.56. The molecule has 31 heavy (non-hydrogen) atoms. The van der Waals surface area contributed by atoms with Gasteiger partial charge in [0.2, 0.25) is 5.95 Å². The number of rotatable bonds is 8. The van der Waals surface area contributed by atoms with E-state index < -0.39 is 0 Å². The molecule has 0 fully saturated rings. The molecule has 0 amide bonds. The maximum absolute atomic E-state index is 6.46. The Bertz CT molecular complexity index is 1050. The number of halogens is 2. The van der Waals surface area contributed by atoms with Crippen LogP contribution in [0.25, 0.3) is 11.6 Å². The lowest BCUT2D eigenvalue weighted by atomic mass is 10.0. The largest absolute Gasteiger partial charge is 0.330 e. The molecule has 2 heterocycles. The van der Waals surface area contributed by atoms with Crippen molar-refractivity contribution in [2.24, 2.45) is 5.73 Å². The second-order valence-electron chi connectivity index (χ2n) is 7.10. The second kappa shape index (κ2) is 10.1. The van der Waals surface area contributed by atoms with Gasteiger partial charge in [-0.2, -0.15) is 4.98 Å². The minimum Gasteiger partial charge on any atom is -0.330 e. The first-order valence-electron chi connectivity index (χ1n) is 10.1. The summed E-state index contributed by atoms with van der Waals surface area (Å²) in [6, 6.07) is 15.3. The number of para-hydroxylation sites is 1. The van der Waals surface area contributed by atoms with Crippen LogP contribution >= 0.6 is 23.2 Å². The molecule has 2 aromatic carbocycles. The highest BCUT2D eigenvalue weighted by atomic mass is 35.5. The third-order valence-electron chi connectivity index (χ3n) is 4.84. The van der Waals surface area contributed by atoms with Crippen LogP contribution in [0.5, 0.6) is 0 Å². The second-order valence-corrected chi connectivity index (χ2v) is 7.91. The van der Waals surface area contributed by atoms with Crippen molar-refractivity contribution in [1.82, 2.24) is 9.97 Å². The van der Waals surface area contributed by atoms with E-state index in [1.165, 1.54) is 0 Å². The van der Waals surface area contributed by atoms with E-state index >= 15 is 0 Å². The maximum atomic E-state index is 6.46.